The zero-order valence-corrected chi connectivity index (χ0v) is 11.0. The van der Waals surface area contributed by atoms with Crippen molar-refractivity contribution < 1.29 is 0 Å². The van der Waals surface area contributed by atoms with Gasteiger partial charge in [0.1, 0.15) is 0 Å². The minimum absolute atomic E-state index is 0.419. The Kier molecular flexibility index (Phi) is 4.09. The fourth-order valence-electron chi connectivity index (χ4n) is 2.00. The van der Waals surface area contributed by atoms with Crippen LogP contribution in [0.3, 0.4) is 0 Å². The van der Waals surface area contributed by atoms with E-state index >= 15 is 0 Å². The minimum Gasteiger partial charge on any atom is -0.325 e. The van der Waals surface area contributed by atoms with E-state index in [1.165, 1.54) is 0 Å². The summed E-state index contributed by atoms with van der Waals surface area (Å²) in [5.74, 6) is 0. The van der Waals surface area contributed by atoms with Gasteiger partial charge in [-0.25, -0.2) is 4.68 Å². The maximum Gasteiger partial charge on any atom is 0.0962 e. The van der Waals surface area contributed by atoms with Crippen molar-refractivity contribution in [2.24, 2.45) is 5.73 Å². The van der Waals surface area contributed by atoms with Crippen molar-refractivity contribution in [3.05, 3.63) is 29.8 Å². The van der Waals surface area contributed by atoms with Gasteiger partial charge in [-0.1, -0.05) is 19.1 Å². The van der Waals surface area contributed by atoms with E-state index in [2.05, 4.69) is 29.3 Å². The van der Waals surface area contributed by atoms with E-state index in [1.807, 2.05) is 23.1 Å². The third-order valence-electron chi connectivity index (χ3n) is 3.10. The van der Waals surface area contributed by atoms with E-state index < -0.39 is 0 Å². The fraction of sp³-hybridized carbons (Fsp3) is 0.583. The molecule has 0 saturated carbocycles. The largest absolute Gasteiger partial charge is 0.325 e. The van der Waals surface area contributed by atoms with Crippen molar-refractivity contribution in [2.45, 2.75) is 45.8 Å². The minimum atomic E-state index is 0.419. The van der Waals surface area contributed by atoms with Crippen LogP contribution in [0.1, 0.15) is 44.1 Å². The Morgan fingerprint density at radius 3 is 2.67 bits per heavy atom. The van der Waals surface area contributed by atoms with Crippen molar-refractivity contribution in [1.29, 1.82) is 0 Å². The van der Waals surface area contributed by atoms with Gasteiger partial charge in [0, 0.05) is 12.7 Å². The topological polar surface area (TPSA) is 74.5 Å². The lowest BCUT2D eigenvalue weighted by molar-refractivity contribution is 0.423. The summed E-state index contributed by atoms with van der Waals surface area (Å²) in [6, 6.07) is 2.51. The standard InChI is InChI=1S/C12H20N6/c1-3-12(4-2)18-6-5-10(15-18)8-17-9-11(7-13)14-16-17/h5-6,9,12H,3-4,7-8,13H2,1-2H3. The molecule has 2 heterocycles. The second-order valence-electron chi connectivity index (χ2n) is 4.37. The second-order valence-corrected chi connectivity index (χ2v) is 4.37. The van der Waals surface area contributed by atoms with Crippen molar-refractivity contribution in [3.8, 4) is 0 Å². The van der Waals surface area contributed by atoms with Crippen molar-refractivity contribution in [3.63, 3.8) is 0 Å². The molecule has 2 aromatic heterocycles. The van der Waals surface area contributed by atoms with Crippen LogP contribution in [0.15, 0.2) is 18.5 Å². The van der Waals surface area contributed by atoms with E-state index in [-0.39, 0.29) is 0 Å². The Morgan fingerprint density at radius 1 is 1.28 bits per heavy atom. The van der Waals surface area contributed by atoms with Gasteiger partial charge in [-0.15, -0.1) is 5.10 Å². The quantitative estimate of drug-likeness (QED) is 0.837. The number of hydrogen-bond acceptors (Lipinski definition) is 4. The zero-order valence-electron chi connectivity index (χ0n) is 11.0. The van der Waals surface area contributed by atoms with E-state index in [9.17, 15) is 0 Å². The highest BCUT2D eigenvalue weighted by atomic mass is 15.4. The van der Waals surface area contributed by atoms with Crippen LogP contribution in [0.2, 0.25) is 0 Å². The molecule has 2 rings (SSSR count). The molecule has 0 spiro atoms. The summed E-state index contributed by atoms with van der Waals surface area (Å²) >= 11 is 0. The molecular formula is C12H20N6. The summed E-state index contributed by atoms with van der Waals surface area (Å²) in [5.41, 5.74) is 7.30. The first kappa shape index (κ1) is 12.8. The van der Waals surface area contributed by atoms with Gasteiger partial charge < -0.3 is 5.73 Å². The lowest BCUT2D eigenvalue weighted by atomic mass is 10.2. The first-order valence-electron chi connectivity index (χ1n) is 6.39. The summed E-state index contributed by atoms with van der Waals surface area (Å²) in [4.78, 5) is 0. The molecule has 0 aliphatic carbocycles. The van der Waals surface area contributed by atoms with Crippen LogP contribution in [0.4, 0.5) is 0 Å². The molecule has 0 fully saturated rings. The van der Waals surface area contributed by atoms with E-state index in [4.69, 9.17) is 5.73 Å². The molecule has 0 radical (unpaired) electrons. The van der Waals surface area contributed by atoms with Crippen LogP contribution in [-0.4, -0.2) is 24.8 Å². The Hall–Kier alpha value is -1.69. The predicted octanol–water partition coefficient (Wildman–Crippen LogP) is 1.34. The van der Waals surface area contributed by atoms with Crippen LogP contribution < -0.4 is 5.73 Å². The van der Waals surface area contributed by atoms with Gasteiger partial charge in [-0.2, -0.15) is 5.10 Å². The summed E-state index contributed by atoms with van der Waals surface area (Å²) in [5, 5.41) is 12.6. The highest BCUT2D eigenvalue weighted by Crippen LogP contribution is 2.14. The maximum absolute atomic E-state index is 5.50. The number of aromatic nitrogens is 5. The SMILES string of the molecule is CCC(CC)n1ccc(Cn2cc(CN)nn2)n1. The molecule has 0 saturated heterocycles. The fourth-order valence-corrected chi connectivity index (χ4v) is 2.00. The summed E-state index contributed by atoms with van der Waals surface area (Å²) in [7, 11) is 0. The van der Waals surface area contributed by atoms with Crippen molar-refractivity contribution >= 4 is 0 Å². The van der Waals surface area contributed by atoms with E-state index in [1.54, 1.807) is 4.68 Å². The van der Waals surface area contributed by atoms with Crippen molar-refractivity contribution in [1.82, 2.24) is 24.8 Å². The molecule has 98 valence electrons. The van der Waals surface area contributed by atoms with Crippen molar-refractivity contribution in [2.75, 3.05) is 0 Å². The lowest BCUT2D eigenvalue weighted by Gasteiger charge is -2.12. The Bertz CT molecular complexity index is 482. The van der Waals surface area contributed by atoms with Gasteiger partial charge in [0.05, 0.1) is 30.2 Å². The van der Waals surface area contributed by atoms with Crippen LogP contribution in [0.25, 0.3) is 0 Å². The molecule has 6 heteroatoms. The molecule has 0 aromatic carbocycles. The van der Waals surface area contributed by atoms with Crippen LogP contribution >= 0.6 is 0 Å². The second kappa shape index (κ2) is 5.77. The summed E-state index contributed by atoms with van der Waals surface area (Å²) in [6.07, 6.45) is 6.08. The van der Waals surface area contributed by atoms with E-state index in [0.717, 1.165) is 24.2 Å². The molecule has 0 atom stereocenters. The van der Waals surface area contributed by atoms with Crippen LogP contribution in [-0.2, 0) is 13.1 Å². The first-order chi connectivity index (χ1) is 8.76. The third-order valence-corrected chi connectivity index (χ3v) is 3.10. The normalized spacial score (nSPS) is 11.3. The molecule has 6 nitrogen and oxygen atoms in total. The number of nitrogens with zero attached hydrogens (tertiary/aromatic N) is 5. The highest BCUT2D eigenvalue weighted by molar-refractivity contribution is 5.01. The van der Waals surface area contributed by atoms with Gasteiger partial charge in [-0.05, 0) is 18.9 Å². The molecule has 0 amide bonds. The molecule has 2 aromatic rings. The Morgan fingerprint density at radius 2 is 2.06 bits per heavy atom. The average molecular weight is 248 g/mol. The average Bonchev–Trinajstić information content (AvgIpc) is 3.01. The van der Waals surface area contributed by atoms with Crippen LogP contribution in [0, 0.1) is 0 Å². The van der Waals surface area contributed by atoms with E-state index in [0.29, 0.717) is 19.1 Å². The highest BCUT2D eigenvalue weighted by Gasteiger charge is 2.08. The van der Waals surface area contributed by atoms with Gasteiger partial charge in [-0.3, -0.25) is 4.68 Å². The first-order valence-corrected chi connectivity index (χ1v) is 6.39. The summed E-state index contributed by atoms with van der Waals surface area (Å²) < 4.78 is 3.80. The predicted molar refractivity (Wildman–Crippen MR) is 68.9 cm³/mol. The Labute approximate surface area is 107 Å². The van der Waals surface area contributed by atoms with Gasteiger partial charge >= 0.3 is 0 Å². The maximum atomic E-state index is 5.50. The van der Waals surface area contributed by atoms with Crippen LogP contribution in [0.5, 0.6) is 0 Å². The monoisotopic (exact) mass is 248 g/mol. The molecule has 18 heavy (non-hydrogen) atoms. The number of nitrogens with two attached hydrogens (primary N) is 1. The molecular weight excluding hydrogens is 228 g/mol. The smallest absolute Gasteiger partial charge is 0.0962 e. The van der Waals surface area contributed by atoms with Gasteiger partial charge in [0.25, 0.3) is 0 Å². The molecule has 0 aliphatic heterocycles. The lowest BCUT2D eigenvalue weighted by Crippen LogP contribution is -2.09. The summed E-state index contributed by atoms with van der Waals surface area (Å²) in [6.45, 7) is 5.42. The van der Waals surface area contributed by atoms with Gasteiger partial charge in [0.15, 0.2) is 0 Å². The Balaban J connectivity index is 2.06. The zero-order chi connectivity index (χ0) is 13.0. The number of rotatable bonds is 6. The van der Waals surface area contributed by atoms with Gasteiger partial charge in [0.2, 0.25) is 0 Å². The molecule has 0 unspecified atom stereocenters. The molecule has 2 N–H and O–H groups in total. The third kappa shape index (κ3) is 2.76. The number of hydrogen-bond donors (Lipinski definition) is 1. The molecule has 0 bridgehead atoms. The molecule has 0 aliphatic rings.